The standard InChI is InChI=1S/C21H14O6/c22-20-16-8-6-14(25-11-15-7-9-18(27-15)21(23)24)10-19(16)26-12-17(20)13-4-2-1-3-5-13/h1-10,12H,11H2,(H,23,24). The Kier molecular flexibility index (Phi) is 4.22. The number of ether oxygens (including phenoxy) is 1. The van der Waals surface area contributed by atoms with Crippen LogP contribution >= 0.6 is 0 Å². The molecule has 0 atom stereocenters. The molecule has 0 fully saturated rings. The summed E-state index contributed by atoms with van der Waals surface area (Å²) in [6.07, 6.45) is 1.44. The predicted molar refractivity (Wildman–Crippen MR) is 97.9 cm³/mol. The summed E-state index contributed by atoms with van der Waals surface area (Å²) in [5.74, 6) is -0.422. The van der Waals surface area contributed by atoms with E-state index < -0.39 is 5.97 Å². The minimum atomic E-state index is -1.14. The Morgan fingerprint density at radius 1 is 1.04 bits per heavy atom. The molecule has 0 aliphatic heterocycles. The predicted octanol–water partition coefficient (Wildman–Crippen LogP) is 4.33. The summed E-state index contributed by atoms with van der Waals surface area (Å²) < 4.78 is 16.4. The summed E-state index contributed by atoms with van der Waals surface area (Å²) in [5.41, 5.74) is 1.57. The van der Waals surface area contributed by atoms with E-state index in [0.29, 0.717) is 28.0 Å². The number of aromatic carboxylic acids is 1. The van der Waals surface area contributed by atoms with Gasteiger partial charge < -0.3 is 18.7 Å². The van der Waals surface area contributed by atoms with Gasteiger partial charge in [0.1, 0.15) is 30.0 Å². The number of furan rings is 1. The molecule has 0 radical (unpaired) electrons. The number of benzene rings is 2. The molecule has 0 unspecified atom stereocenters. The second kappa shape index (κ2) is 6.84. The highest BCUT2D eigenvalue weighted by molar-refractivity contribution is 5.84. The first-order valence-corrected chi connectivity index (χ1v) is 8.17. The third-order valence-electron chi connectivity index (χ3n) is 4.08. The van der Waals surface area contributed by atoms with Gasteiger partial charge in [0.05, 0.1) is 10.9 Å². The van der Waals surface area contributed by atoms with Crippen molar-refractivity contribution >= 4 is 16.9 Å². The Balaban J connectivity index is 1.59. The molecule has 1 N–H and O–H groups in total. The van der Waals surface area contributed by atoms with Crippen LogP contribution in [0.15, 0.2) is 80.6 Å². The minimum absolute atomic E-state index is 0.0606. The first kappa shape index (κ1) is 16.7. The second-order valence-electron chi connectivity index (χ2n) is 5.86. The molecule has 6 nitrogen and oxygen atoms in total. The number of carbonyl (C=O) groups is 1. The summed E-state index contributed by atoms with van der Waals surface area (Å²) in [6, 6.07) is 17.1. The Bertz CT molecular complexity index is 1170. The van der Waals surface area contributed by atoms with Gasteiger partial charge in [-0.1, -0.05) is 30.3 Å². The van der Waals surface area contributed by atoms with Gasteiger partial charge in [-0.05, 0) is 29.8 Å². The molecular weight excluding hydrogens is 348 g/mol. The topological polar surface area (TPSA) is 89.9 Å². The van der Waals surface area contributed by atoms with E-state index in [-0.39, 0.29) is 17.8 Å². The van der Waals surface area contributed by atoms with Gasteiger partial charge in [0.25, 0.3) is 0 Å². The number of hydrogen-bond acceptors (Lipinski definition) is 5. The molecule has 0 amide bonds. The molecular formula is C21H14O6. The van der Waals surface area contributed by atoms with E-state index in [1.807, 2.05) is 30.3 Å². The molecule has 2 aromatic carbocycles. The van der Waals surface area contributed by atoms with E-state index in [0.717, 1.165) is 5.56 Å². The normalized spacial score (nSPS) is 10.8. The summed E-state index contributed by atoms with van der Waals surface area (Å²) in [4.78, 5) is 23.5. The van der Waals surface area contributed by atoms with Crippen LogP contribution in [0.25, 0.3) is 22.1 Å². The Labute approximate surface area is 153 Å². The van der Waals surface area contributed by atoms with E-state index in [2.05, 4.69) is 0 Å². The van der Waals surface area contributed by atoms with Gasteiger partial charge >= 0.3 is 5.97 Å². The first-order valence-electron chi connectivity index (χ1n) is 8.17. The van der Waals surface area contributed by atoms with Crippen molar-refractivity contribution in [2.75, 3.05) is 0 Å². The highest BCUT2D eigenvalue weighted by atomic mass is 16.5. The maximum absolute atomic E-state index is 12.7. The zero-order valence-corrected chi connectivity index (χ0v) is 14.0. The smallest absolute Gasteiger partial charge is 0.371 e. The van der Waals surface area contributed by atoms with Gasteiger partial charge in [-0.15, -0.1) is 0 Å². The Morgan fingerprint density at radius 2 is 1.85 bits per heavy atom. The lowest BCUT2D eigenvalue weighted by atomic mass is 10.1. The number of hydrogen-bond donors (Lipinski definition) is 1. The number of fused-ring (bicyclic) bond motifs is 1. The summed E-state index contributed by atoms with van der Waals surface area (Å²) in [7, 11) is 0. The lowest BCUT2D eigenvalue weighted by Gasteiger charge is -2.06. The minimum Gasteiger partial charge on any atom is -0.486 e. The summed E-state index contributed by atoms with van der Waals surface area (Å²) >= 11 is 0. The molecule has 0 bridgehead atoms. The van der Waals surface area contributed by atoms with E-state index in [1.165, 1.54) is 18.4 Å². The van der Waals surface area contributed by atoms with Gasteiger partial charge in [-0.3, -0.25) is 4.79 Å². The average Bonchev–Trinajstić information content (AvgIpc) is 3.17. The van der Waals surface area contributed by atoms with Crippen LogP contribution in [0.2, 0.25) is 0 Å². The van der Waals surface area contributed by atoms with Gasteiger partial charge in [-0.2, -0.15) is 0 Å². The fraction of sp³-hybridized carbons (Fsp3) is 0.0476. The maximum Gasteiger partial charge on any atom is 0.371 e. The second-order valence-corrected chi connectivity index (χ2v) is 5.86. The molecule has 4 rings (SSSR count). The number of rotatable bonds is 5. The van der Waals surface area contributed by atoms with Crippen LogP contribution in [0.3, 0.4) is 0 Å². The molecule has 2 heterocycles. The van der Waals surface area contributed by atoms with Crippen molar-refractivity contribution in [1.29, 1.82) is 0 Å². The number of carboxylic acid groups (broad SMARTS) is 1. The van der Waals surface area contributed by atoms with Crippen LogP contribution in [-0.2, 0) is 6.61 Å². The van der Waals surface area contributed by atoms with Crippen molar-refractivity contribution < 1.29 is 23.5 Å². The highest BCUT2D eigenvalue weighted by Crippen LogP contribution is 2.23. The van der Waals surface area contributed by atoms with E-state index in [1.54, 1.807) is 18.2 Å². The van der Waals surface area contributed by atoms with Crippen LogP contribution in [0, 0.1) is 0 Å². The molecule has 0 saturated heterocycles. The quantitative estimate of drug-likeness (QED) is 0.568. The molecule has 4 aromatic rings. The Hall–Kier alpha value is -3.80. The number of carboxylic acids is 1. The van der Waals surface area contributed by atoms with Gasteiger partial charge in [-0.25, -0.2) is 4.79 Å². The zero-order valence-electron chi connectivity index (χ0n) is 14.0. The van der Waals surface area contributed by atoms with Crippen LogP contribution in [-0.4, -0.2) is 11.1 Å². The maximum atomic E-state index is 12.7. The average molecular weight is 362 g/mol. The molecule has 27 heavy (non-hydrogen) atoms. The largest absolute Gasteiger partial charge is 0.486 e. The van der Waals surface area contributed by atoms with E-state index in [4.69, 9.17) is 18.7 Å². The van der Waals surface area contributed by atoms with Crippen molar-refractivity contribution in [2.24, 2.45) is 0 Å². The molecule has 134 valence electrons. The van der Waals surface area contributed by atoms with Crippen molar-refractivity contribution in [3.8, 4) is 16.9 Å². The van der Waals surface area contributed by atoms with Crippen LogP contribution in [0.5, 0.6) is 5.75 Å². The lowest BCUT2D eigenvalue weighted by Crippen LogP contribution is -2.05. The van der Waals surface area contributed by atoms with Crippen molar-refractivity contribution in [3.63, 3.8) is 0 Å². The van der Waals surface area contributed by atoms with Gasteiger partial charge in [0.15, 0.2) is 5.43 Å². The molecule has 2 aromatic heterocycles. The summed E-state index contributed by atoms with van der Waals surface area (Å²) in [5, 5.41) is 9.31. The SMILES string of the molecule is O=C(O)c1ccc(COc2ccc3c(=O)c(-c4ccccc4)coc3c2)o1. The molecule has 6 heteroatoms. The Morgan fingerprint density at radius 3 is 2.59 bits per heavy atom. The zero-order chi connectivity index (χ0) is 18.8. The van der Waals surface area contributed by atoms with Crippen molar-refractivity contribution in [1.82, 2.24) is 0 Å². The van der Waals surface area contributed by atoms with Crippen molar-refractivity contribution in [2.45, 2.75) is 6.61 Å². The van der Waals surface area contributed by atoms with E-state index >= 15 is 0 Å². The third-order valence-corrected chi connectivity index (χ3v) is 4.08. The fourth-order valence-electron chi connectivity index (χ4n) is 2.74. The van der Waals surface area contributed by atoms with Gasteiger partial charge in [0, 0.05) is 6.07 Å². The van der Waals surface area contributed by atoms with Crippen LogP contribution in [0.4, 0.5) is 0 Å². The highest BCUT2D eigenvalue weighted by Gasteiger charge is 2.11. The van der Waals surface area contributed by atoms with Gasteiger partial charge in [0.2, 0.25) is 5.76 Å². The van der Waals surface area contributed by atoms with E-state index in [9.17, 15) is 9.59 Å². The van der Waals surface area contributed by atoms with Crippen LogP contribution in [0.1, 0.15) is 16.3 Å². The third kappa shape index (κ3) is 3.32. The molecule has 0 aliphatic rings. The lowest BCUT2D eigenvalue weighted by molar-refractivity contribution is 0.0658. The summed E-state index contributed by atoms with van der Waals surface area (Å²) in [6.45, 7) is 0.0606. The first-order chi connectivity index (χ1) is 13.1. The molecule has 0 aliphatic carbocycles. The molecule has 0 saturated carbocycles. The fourth-order valence-corrected chi connectivity index (χ4v) is 2.74. The molecule has 0 spiro atoms. The van der Waals surface area contributed by atoms with Crippen LogP contribution < -0.4 is 10.2 Å². The van der Waals surface area contributed by atoms with Crippen molar-refractivity contribution in [3.05, 3.63) is 88.7 Å². The monoisotopic (exact) mass is 362 g/mol.